The zero-order valence-corrected chi connectivity index (χ0v) is 9.10. The maximum atomic E-state index is 11.4. The minimum absolute atomic E-state index is 0.175. The van der Waals surface area contributed by atoms with Gasteiger partial charge in [-0.05, 0) is 19.0 Å². The smallest absolute Gasteiger partial charge is 0.267 e. The summed E-state index contributed by atoms with van der Waals surface area (Å²) in [5.74, 6) is 0. The molecule has 0 bridgehead atoms. The molecular weight excluding hydrogens is 194 g/mol. The van der Waals surface area contributed by atoms with Gasteiger partial charge >= 0.3 is 0 Å². The predicted molar refractivity (Wildman–Crippen MR) is 57.8 cm³/mol. The van der Waals surface area contributed by atoms with Gasteiger partial charge < -0.3 is 10.4 Å². The van der Waals surface area contributed by atoms with Crippen molar-refractivity contribution >= 4 is 0 Å². The average Bonchev–Trinajstić information content (AvgIpc) is 2.19. The molecule has 0 saturated heterocycles. The molecule has 1 unspecified atom stereocenters. The van der Waals surface area contributed by atoms with Crippen molar-refractivity contribution in [1.82, 2.24) is 15.1 Å². The minimum Gasteiger partial charge on any atom is -0.390 e. The van der Waals surface area contributed by atoms with Crippen LogP contribution in [-0.2, 0) is 6.54 Å². The molecule has 0 amide bonds. The second-order valence-corrected chi connectivity index (χ2v) is 3.51. The first-order valence-electron chi connectivity index (χ1n) is 5.06. The van der Waals surface area contributed by atoms with Crippen LogP contribution in [0.4, 0.5) is 0 Å². The summed E-state index contributed by atoms with van der Waals surface area (Å²) < 4.78 is 1.27. The van der Waals surface area contributed by atoms with Crippen LogP contribution in [0.3, 0.4) is 0 Å². The van der Waals surface area contributed by atoms with E-state index in [9.17, 15) is 9.90 Å². The van der Waals surface area contributed by atoms with E-state index in [-0.39, 0.29) is 12.1 Å². The number of nitrogens with one attached hydrogen (secondary N) is 1. The molecule has 0 radical (unpaired) electrons. The van der Waals surface area contributed by atoms with Gasteiger partial charge in [-0.25, -0.2) is 4.68 Å². The van der Waals surface area contributed by atoms with Crippen LogP contribution in [-0.4, -0.2) is 34.1 Å². The fraction of sp³-hybridized carbons (Fsp3) is 0.600. The third-order valence-electron chi connectivity index (χ3n) is 2.02. The van der Waals surface area contributed by atoms with Crippen LogP contribution in [0.25, 0.3) is 0 Å². The van der Waals surface area contributed by atoms with Gasteiger partial charge in [-0.3, -0.25) is 4.79 Å². The van der Waals surface area contributed by atoms with E-state index in [1.54, 1.807) is 6.20 Å². The number of aryl methyl sites for hydroxylation is 1. The summed E-state index contributed by atoms with van der Waals surface area (Å²) >= 11 is 0. The van der Waals surface area contributed by atoms with Crippen LogP contribution >= 0.6 is 0 Å². The number of aliphatic hydroxyl groups excluding tert-OH is 1. The molecule has 1 aromatic heterocycles. The van der Waals surface area contributed by atoms with Gasteiger partial charge in [-0.1, -0.05) is 6.92 Å². The van der Waals surface area contributed by atoms with Crippen molar-refractivity contribution in [3.63, 3.8) is 0 Å². The normalized spacial score (nSPS) is 12.7. The van der Waals surface area contributed by atoms with E-state index in [1.165, 1.54) is 10.7 Å². The highest BCUT2D eigenvalue weighted by Gasteiger charge is 2.06. The highest BCUT2D eigenvalue weighted by atomic mass is 16.3. The van der Waals surface area contributed by atoms with Crippen molar-refractivity contribution in [1.29, 1.82) is 0 Å². The Bertz CT molecular complexity index is 362. The zero-order valence-electron chi connectivity index (χ0n) is 9.10. The van der Waals surface area contributed by atoms with E-state index in [4.69, 9.17) is 0 Å². The Morgan fingerprint density at radius 1 is 1.67 bits per heavy atom. The number of hydrogen-bond acceptors (Lipinski definition) is 4. The van der Waals surface area contributed by atoms with Crippen molar-refractivity contribution in [2.75, 3.05) is 13.1 Å². The summed E-state index contributed by atoms with van der Waals surface area (Å²) in [5, 5.41) is 16.5. The molecule has 0 aliphatic heterocycles. The van der Waals surface area contributed by atoms with Crippen LogP contribution in [0.1, 0.15) is 12.5 Å². The van der Waals surface area contributed by atoms with E-state index in [2.05, 4.69) is 10.4 Å². The topological polar surface area (TPSA) is 67.2 Å². The van der Waals surface area contributed by atoms with Crippen LogP contribution < -0.4 is 10.9 Å². The molecule has 1 rings (SSSR count). The molecule has 0 aliphatic rings. The van der Waals surface area contributed by atoms with Crippen LogP contribution in [0, 0.1) is 6.92 Å². The van der Waals surface area contributed by atoms with Crippen molar-refractivity contribution in [2.45, 2.75) is 26.5 Å². The van der Waals surface area contributed by atoms with E-state index >= 15 is 0 Å². The van der Waals surface area contributed by atoms with Crippen LogP contribution in [0.5, 0.6) is 0 Å². The van der Waals surface area contributed by atoms with Crippen LogP contribution in [0.15, 0.2) is 17.1 Å². The van der Waals surface area contributed by atoms with Gasteiger partial charge in [0.15, 0.2) is 0 Å². The quantitative estimate of drug-likeness (QED) is 0.690. The highest BCUT2D eigenvalue weighted by molar-refractivity contribution is 5.02. The van der Waals surface area contributed by atoms with Crippen molar-refractivity contribution < 1.29 is 5.11 Å². The lowest BCUT2D eigenvalue weighted by molar-refractivity contribution is 0.145. The Labute approximate surface area is 88.7 Å². The first-order chi connectivity index (χ1) is 7.13. The molecule has 5 heteroatoms. The number of nitrogens with zero attached hydrogens (tertiary/aromatic N) is 2. The lowest BCUT2D eigenvalue weighted by atomic mass is 10.3. The lowest BCUT2D eigenvalue weighted by Crippen LogP contribution is -2.34. The predicted octanol–water partition coefficient (Wildman–Crippen LogP) is -0.478. The number of likely N-dealkylation sites (N-methyl/N-ethyl adjacent to an activating group) is 1. The van der Waals surface area contributed by atoms with Gasteiger partial charge in [-0.2, -0.15) is 5.10 Å². The molecule has 2 N–H and O–H groups in total. The number of hydrogen-bond donors (Lipinski definition) is 2. The summed E-state index contributed by atoms with van der Waals surface area (Å²) in [6.07, 6.45) is 1.03. The van der Waals surface area contributed by atoms with E-state index in [0.717, 1.165) is 12.1 Å². The fourth-order valence-corrected chi connectivity index (χ4v) is 1.24. The Kier molecular flexibility index (Phi) is 4.45. The second kappa shape index (κ2) is 5.63. The second-order valence-electron chi connectivity index (χ2n) is 3.51. The van der Waals surface area contributed by atoms with Crippen molar-refractivity contribution in [2.24, 2.45) is 0 Å². The molecule has 0 aliphatic carbocycles. The molecule has 0 aromatic carbocycles. The molecule has 1 aromatic rings. The molecule has 84 valence electrons. The number of aliphatic hydroxyl groups is 1. The van der Waals surface area contributed by atoms with Crippen LogP contribution in [0.2, 0.25) is 0 Å². The molecule has 0 saturated carbocycles. The maximum absolute atomic E-state index is 11.4. The largest absolute Gasteiger partial charge is 0.390 e. The Morgan fingerprint density at radius 3 is 3.00 bits per heavy atom. The summed E-state index contributed by atoms with van der Waals surface area (Å²) in [6.45, 7) is 5.27. The number of aromatic nitrogens is 2. The molecule has 15 heavy (non-hydrogen) atoms. The standard InChI is InChI=1S/C10H17N3O2/c1-3-11-6-9(14)7-13-10(15)4-8(2)5-12-13/h4-5,9,11,14H,3,6-7H2,1-2H3. The first-order valence-corrected chi connectivity index (χ1v) is 5.06. The fourth-order valence-electron chi connectivity index (χ4n) is 1.24. The van der Waals surface area contributed by atoms with E-state index < -0.39 is 6.10 Å². The molecular formula is C10H17N3O2. The lowest BCUT2D eigenvalue weighted by Gasteiger charge is -2.11. The molecule has 5 nitrogen and oxygen atoms in total. The van der Waals surface area contributed by atoms with E-state index in [1.807, 2.05) is 13.8 Å². The molecule has 0 spiro atoms. The SMILES string of the molecule is CCNCC(O)Cn1ncc(C)cc1=O. The van der Waals surface area contributed by atoms with E-state index in [0.29, 0.717) is 6.54 Å². The van der Waals surface area contributed by atoms with Gasteiger partial charge in [0.1, 0.15) is 0 Å². The number of rotatable bonds is 5. The summed E-state index contributed by atoms with van der Waals surface area (Å²) in [4.78, 5) is 11.4. The van der Waals surface area contributed by atoms with Gasteiger partial charge in [0.25, 0.3) is 5.56 Å². The average molecular weight is 211 g/mol. The first kappa shape index (κ1) is 11.9. The van der Waals surface area contributed by atoms with Crippen molar-refractivity contribution in [3.8, 4) is 0 Å². The summed E-state index contributed by atoms with van der Waals surface area (Å²) in [7, 11) is 0. The third kappa shape index (κ3) is 3.81. The summed E-state index contributed by atoms with van der Waals surface area (Å²) in [6, 6.07) is 1.51. The van der Waals surface area contributed by atoms with Gasteiger partial charge in [0.2, 0.25) is 0 Å². The third-order valence-corrected chi connectivity index (χ3v) is 2.02. The Hall–Kier alpha value is -1.20. The minimum atomic E-state index is -0.585. The van der Waals surface area contributed by atoms with Gasteiger partial charge in [-0.15, -0.1) is 0 Å². The van der Waals surface area contributed by atoms with Crippen molar-refractivity contribution in [3.05, 3.63) is 28.2 Å². The highest BCUT2D eigenvalue weighted by Crippen LogP contribution is 1.89. The molecule has 1 heterocycles. The Morgan fingerprint density at radius 2 is 2.40 bits per heavy atom. The maximum Gasteiger partial charge on any atom is 0.267 e. The molecule has 1 atom stereocenters. The Balaban J connectivity index is 2.60. The zero-order chi connectivity index (χ0) is 11.3. The van der Waals surface area contributed by atoms with Gasteiger partial charge in [0.05, 0.1) is 18.8 Å². The monoisotopic (exact) mass is 211 g/mol. The van der Waals surface area contributed by atoms with Gasteiger partial charge in [0, 0.05) is 12.6 Å². The molecule has 0 fully saturated rings. The summed E-state index contributed by atoms with van der Waals surface area (Å²) in [5.41, 5.74) is 0.656.